The molecule has 3 nitrogen and oxygen atoms in total. The Bertz CT molecular complexity index is 605. The van der Waals surface area contributed by atoms with Crippen LogP contribution in [-0.2, 0) is 6.42 Å². The minimum absolute atomic E-state index is 0.507. The van der Waals surface area contributed by atoms with Crippen molar-refractivity contribution < 1.29 is 0 Å². The van der Waals surface area contributed by atoms with E-state index in [4.69, 9.17) is 10.7 Å². The Labute approximate surface area is 124 Å². The molecule has 0 saturated heterocycles. The normalized spacial score (nSPS) is 23.3. The molecule has 108 valence electrons. The first-order valence-electron chi connectivity index (χ1n) is 7.77. The Hall–Kier alpha value is -1.16. The van der Waals surface area contributed by atoms with E-state index in [0.717, 1.165) is 28.4 Å². The number of thiophene rings is 1. The van der Waals surface area contributed by atoms with Crippen LogP contribution in [0.25, 0.3) is 10.2 Å². The van der Waals surface area contributed by atoms with Crippen LogP contribution in [0, 0.1) is 5.92 Å². The Balaban J connectivity index is 1.95. The molecule has 0 radical (unpaired) electrons. The second-order valence-corrected chi connectivity index (χ2v) is 7.01. The third-order valence-electron chi connectivity index (χ3n) is 4.56. The number of nitrogens with zero attached hydrogens (tertiary/aromatic N) is 2. The van der Waals surface area contributed by atoms with E-state index in [1.54, 1.807) is 11.3 Å². The van der Waals surface area contributed by atoms with Crippen LogP contribution < -0.4 is 5.73 Å². The lowest BCUT2D eigenvalue weighted by molar-refractivity contribution is 0.308. The van der Waals surface area contributed by atoms with Crippen molar-refractivity contribution in [3.63, 3.8) is 0 Å². The first-order valence-corrected chi connectivity index (χ1v) is 8.58. The van der Waals surface area contributed by atoms with Crippen molar-refractivity contribution in [2.75, 3.05) is 5.73 Å². The van der Waals surface area contributed by atoms with Crippen LogP contribution >= 0.6 is 11.3 Å². The van der Waals surface area contributed by atoms with Gasteiger partial charge in [-0.15, -0.1) is 11.3 Å². The Kier molecular flexibility index (Phi) is 3.92. The third-order valence-corrected chi connectivity index (χ3v) is 5.74. The summed E-state index contributed by atoms with van der Waals surface area (Å²) in [5, 5.41) is 1.04. The summed E-state index contributed by atoms with van der Waals surface area (Å²) in [6, 6.07) is 2.15. The summed E-state index contributed by atoms with van der Waals surface area (Å²) in [6.07, 6.45) is 7.42. The minimum atomic E-state index is 0.507. The van der Waals surface area contributed by atoms with Crippen LogP contribution in [0.15, 0.2) is 6.07 Å². The van der Waals surface area contributed by atoms with E-state index < -0.39 is 0 Å². The average Bonchev–Trinajstić information content (AvgIpc) is 2.91. The minimum Gasteiger partial charge on any atom is -0.383 e. The Morgan fingerprint density at radius 3 is 2.90 bits per heavy atom. The van der Waals surface area contributed by atoms with Gasteiger partial charge in [-0.05, 0) is 31.2 Å². The van der Waals surface area contributed by atoms with Gasteiger partial charge in [-0.25, -0.2) is 9.97 Å². The summed E-state index contributed by atoms with van der Waals surface area (Å²) in [5.74, 6) is 2.99. The van der Waals surface area contributed by atoms with Gasteiger partial charge in [0.25, 0.3) is 0 Å². The maximum absolute atomic E-state index is 6.15. The molecule has 4 heteroatoms. The van der Waals surface area contributed by atoms with Crippen molar-refractivity contribution >= 4 is 27.4 Å². The van der Waals surface area contributed by atoms with Gasteiger partial charge in [0.05, 0.1) is 5.39 Å². The van der Waals surface area contributed by atoms with E-state index in [0.29, 0.717) is 11.7 Å². The molecule has 3 rings (SSSR count). The first kappa shape index (κ1) is 13.8. The topological polar surface area (TPSA) is 51.8 Å². The molecule has 20 heavy (non-hydrogen) atoms. The fraction of sp³-hybridized carbons (Fsp3) is 0.625. The second-order valence-electron chi connectivity index (χ2n) is 5.89. The molecule has 0 amide bonds. The highest BCUT2D eigenvalue weighted by atomic mass is 32.1. The van der Waals surface area contributed by atoms with E-state index in [9.17, 15) is 0 Å². The number of hydrogen-bond acceptors (Lipinski definition) is 4. The van der Waals surface area contributed by atoms with E-state index in [2.05, 4.69) is 24.9 Å². The molecule has 0 spiro atoms. The number of hydrogen-bond donors (Lipinski definition) is 1. The zero-order valence-electron chi connectivity index (χ0n) is 12.4. The first-order chi connectivity index (χ1) is 9.71. The molecule has 1 fully saturated rings. The largest absolute Gasteiger partial charge is 0.383 e. The van der Waals surface area contributed by atoms with Gasteiger partial charge in [-0.1, -0.05) is 33.1 Å². The molecular weight excluding hydrogens is 266 g/mol. The van der Waals surface area contributed by atoms with Crippen molar-refractivity contribution in [3.05, 3.63) is 16.8 Å². The van der Waals surface area contributed by atoms with Crippen LogP contribution in [0.5, 0.6) is 0 Å². The van der Waals surface area contributed by atoms with Crippen LogP contribution in [0.4, 0.5) is 5.82 Å². The van der Waals surface area contributed by atoms with Crippen LogP contribution in [0.3, 0.4) is 0 Å². The van der Waals surface area contributed by atoms with E-state index in [1.807, 2.05) is 0 Å². The average molecular weight is 289 g/mol. The van der Waals surface area contributed by atoms with Gasteiger partial charge in [-0.2, -0.15) is 0 Å². The molecule has 1 saturated carbocycles. The Morgan fingerprint density at radius 2 is 2.15 bits per heavy atom. The molecule has 2 aromatic heterocycles. The molecular formula is C16H23N3S. The molecule has 1 aliphatic rings. The van der Waals surface area contributed by atoms with Gasteiger partial charge in [-0.3, -0.25) is 0 Å². The second kappa shape index (κ2) is 5.68. The quantitative estimate of drug-likeness (QED) is 0.903. The summed E-state index contributed by atoms with van der Waals surface area (Å²) >= 11 is 1.77. The number of nitrogens with two attached hydrogens (primary N) is 1. The van der Waals surface area contributed by atoms with Gasteiger partial charge in [0.2, 0.25) is 0 Å². The summed E-state index contributed by atoms with van der Waals surface area (Å²) in [6.45, 7) is 4.46. The van der Waals surface area contributed by atoms with Crippen molar-refractivity contribution in [2.45, 2.75) is 58.3 Å². The number of anilines is 1. The molecule has 2 N–H and O–H groups in total. The maximum atomic E-state index is 6.15. The highest BCUT2D eigenvalue weighted by molar-refractivity contribution is 7.18. The zero-order chi connectivity index (χ0) is 14.1. The lowest BCUT2D eigenvalue weighted by Gasteiger charge is -2.27. The molecule has 2 aromatic rings. The van der Waals surface area contributed by atoms with Gasteiger partial charge < -0.3 is 5.73 Å². The van der Waals surface area contributed by atoms with E-state index in [-0.39, 0.29) is 0 Å². The molecule has 0 aliphatic heterocycles. The number of aromatic nitrogens is 2. The Morgan fingerprint density at radius 1 is 1.30 bits per heavy atom. The summed E-state index contributed by atoms with van der Waals surface area (Å²) in [5.41, 5.74) is 6.15. The predicted molar refractivity (Wildman–Crippen MR) is 86.2 cm³/mol. The summed E-state index contributed by atoms with van der Waals surface area (Å²) in [4.78, 5) is 11.9. The standard InChI is InChI=1S/C16H23N3S/c1-3-10-6-5-7-11(8-10)15-18-14(17)13-9-12(4-2)20-16(13)19-15/h9-11H,3-8H2,1-2H3,(H2,17,18,19). The SMILES string of the molecule is CCc1cc2c(N)nc(C3CCCC(CC)C3)nc2s1. The van der Waals surface area contributed by atoms with E-state index >= 15 is 0 Å². The lowest BCUT2D eigenvalue weighted by atomic mass is 9.80. The van der Waals surface area contributed by atoms with Crippen molar-refractivity contribution in [1.29, 1.82) is 0 Å². The fourth-order valence-corrected chi connectivity index (χ4v) is 4.25. The van der Waals surface area contributed by atoms with Crippen LogP contribution in [0.1, 0.15) is 62.6 Å². The molecule has 2 heterocycles. The monoisotopic (exact) mass is 289 g/mol. The molecule has 1 aliphatic carbocycles. The molecule has 2 atom stereocenters. The molecule has 0 bridgehead atoms. The van der Waals surface area contributed by atoms with Crippen LogP contribution in [-0.4, -0.2) is 9.97 Å². The van der Waals surface area contributed by atoms with Gasteiger partial charge in [0.1, 0.15) is 16.5 Å². The van der Waals surface area contributed by atoms with Gasteiger partial charge in [0, 0.05) is 10.8 Å². The van der Waals surface area contributed by atoms with Crippen molar-refractivity contribution in [1.82, 2.24) is 9.97 Å². The molecule has 0 aromatic carbocycles. The van der Waals surface area contributed by atoms with Gasteiger partial charge in [0.15, 0.2) is 0 Å². The molecule has 2 unspecified atom stereocenters. The summed E-state index contributed by atoms with van der Waals surface area (Å²) in [7, 11) is 0. The maximum Gasteiger partial charge on any atom is 0.135 e. The highest BCUT2D eigenvalue weighted by Gasteiger charge is 2.25. The van der Waals surface area contributed by atoms with Crippen LogP contribution in [0.2, 0.25) is 0 Å². The van der Waals surface area contributed by atoms with Crippen molar-refractivity contribution in [3.8, 4) is 0 Å². The predicted octanol–water partition coefficient (Wildman–Crippen LogP) is 4.52. The smallest absolute Gasteiger partial charge is 0.135 e. The number of aryl methyl sites for hydroxylation is 1. The van der Waals surface area contributed by atoms with Crippen molar-refractivity contribution in [2.24, 2.45) is 5.92 Å². The number of fused-ring (bicyclic) bond motifs is 1. The third kappa shape index (κ3) is 2.53. The van der Waals surface area contributed by atoms with Gasteiger partial charge >= 0.3 is 0 Å². The zero-order valence-corrected chi connectivity index (χ0v) is 13.2. The fourth-order valence-electron chi connectivity index (χ4n) is 3.26. The number of nitrogen functional groups attached to an aromatic ring is 1. The van der Waals surface area contributed by atoms with E-state index in [1.165, 1.54) is 37.0 Å². The highest BCUT2D eigenvalue weighted by Crippen LogP contribution is 2.38. The lowest BCUT2D eigenvalue weighted by Crippen LogP contribution is -2.16. The summed E-state index contributed by atoms with van der Waals surface area (Å²) < 4.78 is 0. The number of rotatable bonds is 3.